The van der Waals surface area contributed by atoms with Crippen LogP contribution >= 0.6 is 0 Å². The summed E-state index contributed by atoms with van der Waals surface area (Å²) in [5, 5.41) is 14.3. The second-order valence-corrected chi connectivity index (χ2v) is 8.91. The number of carbonyl (C=O) groups excluding carboxylic acids is 2. The largest absolute Gasteiger partial charge is 0.459 e. The standard InChI is InChI=1S/C26H28N4O4/c1-30(19-24(31)29-23-18-27-14-15-28-23)16-12-22(13-17-30)34-25(32)26(33,20-8-4-2-5-9-20)21-10-6-3-7-11-21/h2-11,14-15,18,22,33H,12-13,16-17,19H2,1H3/p+1. The molecule has 4 rings (SSSR count). The van der Waals surface area contributed by atoms with Gasteiger partial charge in [-0.05, 0) is 11.1 Å². The number of carbonyl (C=O) groups is 2. The highest BCUT2D eigenvalue weighted by Gasteiger charge is 2.44. The number of aromatic nitrogens is 2. The van der Waals surface area contributed by atoms with E-state index in [0.717, 1.165) is 0 Å². The van der Waals surface area contributed by atoms with Crippen molar-refractivity contribution in [2.24, 2.45) is 0 Å². The molecule has 0 saturated carbocycles. The molecule has 0 spiro atoms. The number of piperidine rings is 1. The highest BCUT2D eigenvalue weighted by atomic mass is 16.6. The number of likely N-dealkylation sites (N-methyl/N-ethyl adjacent to an activating group) is 1. The normalized spacial score (nSPS) is 20.4. The Morgan fingerprint density at radius 3 is 2.15 bits per heavy atom. The molecule has 2 heterocycles. The molecule has 2 N–H and O–H groups in total. The van der Waals surface area contributed by atoms with Crippen LogP contribution in [0, 0.1) is 0 Å². The molecule has 1 aromatic heterocycles. The minimum Gasteiger partial charge on any atom is -0.459 e. The number of benzene rings is 2. The number of amides is 1. The second-order valence-electron chi connectivity index (χ2n) is 8.91. The molecule has 8 heteroatoms. The van der Waals surface area contributed by atoms with Gasteiger partial charge in [0.2, 0.25) is 5.60 Å². The predicted octanol–water partition coefficient (Wildman–Crippen LogP) is 2.50. The molecule has 1 saturated heterocycles. The molecule has 34 heavy (non-hydrogen) atoms. The molecule has 0 unspecified atom stereocenters. The smallest absolute Gasteiger partial charge is 0.347 e. The zero-order valence-corrected chi connectivity index (χ0v) is 19.1. The van der Waals surface area contributed by atoms with Crippen molar-refractivity contribution in [1.82, 2.24) is 9.97 Å². The Bertz CT molecular complexity index is 1060. The SMILES string of the molecule is C[N+]1(CC(=O)Nc2cnccn2)CCC(OC(=O)C(O)(c2ccccc2)c2ccccc2)CC1. The fraction of sp³-hybridized carbons (Fsp3) is 0.308. The van der Waals surface area contributed by atoms with E-state index in [2.05, 4.69) is 15.3 Å². The average Bonchev–Trinajstić information content (AvgIpc) is 2.86. The first-order valence-electron chi connectivity index (χ1n) is 11.3. The Hall–Kier alpha value is -3.62. The topological polar surface area (TPSA) is 101 Å². The van der Waals surface area contributed by atoms with E-state index < -0.39 is 11.6 Å². The van der Waals surface area contributed by atoms with E-state index in [1.165, 1.54) is 12.4 Å². The summed E-state index contributed by atoms with van der Waals surface area (Å²) in [7, 11) is 2.01. The third kappa shape index (κ3) is 5.30. The quantitative estimate of drug-likeness (QED) is 0.414. The van der Waals surface area contributed by atoms with Gasteiger partial charge in [0.25, 0.3) is 5.91 Å². The van der Waals surface area contributed by atoms with Crippen molar-refractivity contribution in [2.75, 3.05) is 32.0 Å². The van der Waals surface area contributed by atoms with E-state index >= 15 is 0 Å². The van der Waals surface area contributed by atoms with Crippen LogP contribution in [0.1, 0.15) is 24.0 Å². The van der Waals surface area contributed by atoms with Gasteiger partial charge in [0.15, 0.2) is 12.4 Å². The lowest BCUT2D eigenvalue weighted by atomic mass is 9.86. The number of rotatable bonds is 7. The lowest BCUT2D eigenvalue weighted by Crippen LogP contribution is -2.55. The molecule has 1 fully saturated rings. The number of anilines is 1. The first kappa shape index (κ1) is 23.5. The first-order valence-corrected chi connectivity index (χ1v) is 11.3. The Balaban J connectivity index is 1.39. The van der Waals surface area contributed by atoms with Gasteiger partial charge in [0.05, 0.1) is 26.3 Å². The van der Waals surface area contributed by atoms with E-state index in [0.29, 0.717) is 47.4 Å². The Labute approximate surface area is 198 Å². The van der Waals surface area contributed by atoms with E-state index in [1.807, 2.05) is 19.2 Å². The molecular formula is C26H29N4O4+. The van der Waals surface area contributed by atoms with Crippen LogP contribution in [0.15, 0.2) is 79.3 Å². The maximum Gasteiger partial charge on any atom is 0.347 e. The number of hydrogen-bond acceptors (Lipinski definition) is 6. The number of ether oxygens (including phenoxy) is 1. The van der Waals surface area contributed by atoms with Crippen molar-refractivity contribution < 1.29 is 23.9 Å². The lowest BCUT2D eigenvalue weighted by Gasteiger charge is -2.40. The molecule has 2 aromatic carbocycles. The minimum absolute atomic E-state index is 0.138. The van der Waals surface area contributed by atoms with Crippen LogP contribution in [0.25, 0.3) is 0 Å². The molecule has 1 aliphatic rings. The summed E-state index contributed by atoms with van der Waals surface area (Å²) in [5.74, 6) is -0.406. The molecule has 3 aromatic rings. The van der Waals surface area contributed by atoms with Crippen LogP contribution in [-0.4, -0.2) is 64.2 Å². The van der Waals surface area contributed by atoms with Gasteiger partial charge in [-0.1, -0.05) is 60.7 Å². The predicted molar refractivity (Wildman–Crippen MR) is 126 cm³/mol. The highest BCUT2D eigenvalue weighted by Crippen LogP contribution is 2.32. The Morgan fingerprint density at radius 2 is 1.62 bits per heavy atom. The van der Waals surface area contributed by atoms with Crippen LogP contribution < -0.4 is 5.32 Å². The molecule has 0 aliphatic carbocycles. The second kappa shape index (κ2) is 10.1. The van der Waals surface area contributed by atoms with Gasteiger partial charge >= 0.3 is 5.97 Å². The van der Waals surface area contributed by atoms with Gasteiger partial charge < -0.3 is 19.6 Å². The van der Waals surface area contributed by atoms with E-state index in [4.69, 9.17) is 4.74 Å². The van der Waals surface area contributed by atoms with E-state index in [9.17, 15) is 14.7 Å². The van der Waals surface area contributed by atoms with E-state index in [1.54, 1.807) is 54.7 Å². The summed E-state index contributed by atoms with van der Waals surface area (Å²) >= 11 is 0. The van der Waals surface area contributed by atoms with Crippen LogP contribution in [0.2, 0.25) is 0 Å². The molecule has 0 atom stereocenters. The van der Waals surface area contributed by atoms with Gasteiger partial charge in [-0.25, -0.2) is 9.78 Å². The van der Waals surface area contributed by atoms with Gasteiger partial charge in [0, 0.05) is 25.2 Å². The maximum absolute atomic E-state index is 13.3. The van der Waals surface area contributed by atoms with Crippen molar-refractivity contribution in [3.8, 4) is 0 Å². The van der Waals surface area contributed by atoms with Crippen molar-refractivity contribution in [3.63, 3.8) is 0 Å². The zero-order chi connectivity index (χ0) is 24.0. The van der Waals surface area contributed by atoms with Crippen LogP contribution in [0.5, 0.6) is 0 Å². The number of quaternary nitrogens is 1. The Morgan fingerprint density at radius 1 is 1.03 bits per heavy atom. The molecule has 0 bridgehead atoms. The number of nitrogens with one attached hydrogen (secondary N) is 1. The summed E-state index contributed by atoms with van der Waals surface area (Å²) < 4.78 is 6.37. The van der Waals surface area contributed by atoms with Crippen LogP contribution in [-0.2, 0) is 19.9 Å². The molecule has 0 radical (unpaired) electrons. The maximum atomic E-state index is 13.3. The molecule has 8 nitrogen and oxygen atoms in total. The van der Waals surface area contributed by atoms with Crippen LogP contribution in [0.3, 0.4) is 0 Å². The van der Waals surface area contributed by atoms with Gasteiger partial charge in [-0.2, -0.15) is 0 Å². The summed E-state index contributed by atoms with van der Waals surface area (Å²) in [6.45, 7) is 1.62. The van der Waals surface area contributed by atoms with Gasteiger partial charge in [0.1, 0.15) is 6.10 Å². The summed E-state index contributed by atoms with van der Waals surface area (Å²) in [6.07, 6.45) is 5.44. The van der Waals surface area contributed by atoms with Crippen molar-refractivity contribution in [2.45, 2.75) is 24.5 Å². The lowest BCUT2D eigenvalue weighted by molar-refractivity contribution is -0.907. The molecular weight excluding hydrogens is 432 g/mol. The Kier molecular flexibility index (Phi) is 7.00. The average molecular weight is 462 g/mol. The minimum atomic E-state index is -1.89. The number of likely N-dealkylation sites (tertiary alicyclic amines) is 1. The first-order chi connectivity index (χ1) is 16.4. The van der Waals surface area contributed by atoms with Crippen molar-refractivity contribution in [3.05, 3.63) is 90.4 Å². The summed E-state index contributed by atoms with van der Waals surface area (Å²) in [5.41, 5.74) is -0.971. The summed E-state index contributed by atoms with van der Waals surface area (Å²) in [4.78, 5) is 33.8. The zero-order valence-electron chi connectivity index (χ0n) is 19.1. The van der Waals surface area contributed by atoms with Gasteiger partial charge in [-0.15, -0.1) is 0 Å². The van der Waals surface area contributed by atoms with E-state index in [-0.39, 0.29) is 18.6 Å². The molecule has 1 amide bonds. The third-order valence-electron chi connectivity index (χ3n) is 6.29. The fourth-order valence-corrected chi connectivity index (χ4v) is 4.33. The number of nitrogens with zero attached hydrogens (tertiary/aromatic N) is 3. The van der Waals surface area contributed by atoms with Crippen molar-refractivity contribution in [1.29, 1.82) is 0 Å². The number of hydrogen-bond donors (Lipinski definition) is 2. The summed E-state index contributed by atoms with van der Waals surface area (Å²) in [6, 6.07) is 17.7. The van der Waals surface area contributed by atoms with Crippen molar-refractivity contribution >= 4 is 17.7 Å². The molecule has 176 valence electrons. The number of esters is 1. The monoisotopic (exact) mass is 461 g/mol. The van der Waals surface area contributed by atoms with Gasteiger partial charge in [-0.3, -0.25) is 9.78 Å². The fourth-order valence-electron chi connectivity index (χ4n) is 4.33. The number of aliphatic hydroxyl groups is 1. The highest BCUT2D eigenvalue weighted by molar-refractivity contribution is 5.90. The molecule has 1 aliphatic heterocycles. The third-order valence-corrected chi connectivity index (χ3v) is 6.29. The van der Waals surface area contributed by atoms with Crippen LogP contribution in [0.4, 0.5) is 5.82 Å².